The van der Waals surface area contributed by atoms with Crippen LogP contribution in [0.1, 0.15) is 42.4 Å². The normalized spacial score (nSPS) is 11.2. The Bertz CT molecular complexity index is 1160. The minimum atomic E-state index is -3.92. The number of aryl methyl sites for hydroxylation is 1. The lowest BCUT2D eigenvalue weighted by Gasteiger charge is -2.10. The molecule has 3 aromatic rings. The molecule has 0 aliphatic carbocycles. The predicted octanol–water partition coefficient (Wildman–Crippen LogP) is 5.27. The Hall–Kier alpha value is -2.61. The van der Waals surface area contributed by atoms with E-state index < -0.39 is 7.60 Å². The van der Waals surface area contributed by atoms with Crippen LogP contribution in [0, 0.1) is 11.8 Å². The smallest absolute Gasteiger partial charge is 0.325 e. The van der Waals surface area contributed by atoms with Crippen molar-refractivity contribution in [2.45, 2.75) is 38.6 Å². The van der Waals surface area contributed by atoms with Crippen molar-refractivity contribution >= 4 is 18.4 Å². The Labute approximate surface area is 196 Å². The summed E-state index contributed by atoms with van der Waals surface area (Å²) in [5.74, 6) is 7.58. The largest absolute Gasteiger partial charge is 0.497 e. The maximum atomic E-state index is 11.0. The quantitative estimate of drug-likeness (QED) is 0.204. The van der Waals surface area contributed by atoms with Crippen molar-refractivity contribution in [3.8, 4) is 17.6 Å². The highest BCUT2D eigenvalue weighted by Crippen LogP contribution is 2.34. The standard InChI is InChI=1S/C27H32NO4P/c1-32-25-13-8-11-22(20-25)10-4-2-3-5-12-23-16-17-24(27-15-7-6-14-26(23)27)21-28-18-9-19-33(29,30)31/h6-8,11,13-17,20,28H,2-4,9-10,18-19,21H2,1H3,(H2,29,30,31). The third-order valence-electron chi connectivity index (χ3n) is 5.51. The van der Waals surface area contributed by atoms with Gasteiger partial charge in [0.2, 0.25) is 0 Å². The van der Waals surface area contributed by atoms with E-state index in [-0.39, 0.29) is 6.16 Å². The maximum Gasteiger partial charge on any atom is 0.325 e. The van der Waals surface area contributed by atoms with Gasteiger partial charge in [0.1, 0.15) is 5.75 Å². The molecule has 0 radical (unpaired) electrons. The summed E-state index contributed by atoms with van der Waals surface area (Å²) >= 11 is 0. The van der Waals surface area contributed by atoms with Crippen LogP contribution in [0.2, 0.25) is 0 Å². The highest BCUT2D eigenvalue weighted by molar-refractivity contribution is 7.51. The molecule has 0 heterocycles. The molecule has 33 heavy (non-hydrogen) atoms. The van der Waals surface area contributed by atoms with Gasteiger partial charge in [-0.25, -0.2) is 0 Å². The van der Waals surface area contributed by atoms with Gasteiger partial charge in [-0.2, -0.15) is 0 Å². The summed E-state index contributed by atoms with van der Waals surface area (Å²) < 4.78 is 16.2. The summed E-state index contributed by atoms with van der Waals surface area (Å²) in [7, 11) is -2.23. The summed E-state index contributed by atoms with van der Waals surface area (Å²) in [5.41, 5.74) is 3.48. The fraction of sp³-hybridized carbons (Fsp3) is 0.333. The number of hydrogen-bond acceptors (Lipinski definition) is 3. The summed E-state index contributed by atoms with van der Waals surface area (Å²) in [6.45, 7) is 1.22. The first-order chi connectivity index (χ1) is 16.0. The Kier molecular flexibility index (Phi) is 9.54. The van der Waals surface area contributed by atoms with Crippen molar-refractivity contribution < 1.29 is 19.1 Å². The van der Waals surface area contributed by atoms with Crippen molar-refractivity contribution in [1.82, 2.24) is 5.32 Å². The van der Waals surface area contributed by atoms with Crippen LogP contribution in [0.5, 0.6) is 5.75 Å². The van der Waals surface area contributed by atoms with Crippen LogP contribution < -0.4 is 10.1 Å². The van der Waals surface area contributed by atoms with Crippen molar-refractivity contribution in [2.75, 3.05) is 19.8 Å². The molecular formula is C27H32NO4P. The van der Waals surface area contributed by atoms with Gasteiger partial charge in [-0.1, -0.05) is 54.3 Å². The third kappa shape index (κ3) is 8.35. The summed E-state index contributed by atoms with van der Waals surface area (Å²) in [5, 5.41) is 5.58. The second-order valence-electron chi connectivity index (χ2n) is 8.10. The Morgan fingerprint density at radius 3 is 2.58 bits per heavy atom. The lowest BCUT2D eigenvalue weighted by Crippen LogP contribution is -2.16. The van der Waals surface area contributed by atoms with E-state index in [1.807, 2.05) is 24.3 Å². The Balaban J connectivity index is 1.53. The maximum absolute atomic E-state index is 11.0. The molecule has 0 saturated carbocycles. The summed E-state index contributed by atoms with van der Waals surface area (Å²) in [4.78, 5) is 17.9. The predicted molar refractivity (Wildman–Crippen MR) is 135 cm³/mol. The van der Waals surface area contributed by atoms with Crippen molar-refractivity contribution in [3.63, 3.8) is 0 Å². The molecule has 0 saturated heterocycles. The molecule has 3 rings (SSSR count). The van der Waals surface area contributed by atoms with Gasteiger partial charge in [-0.3, -0.25) is 4.57 Å². The lowest BCUT2D eigenvalue weighted by molar-refractivity contribution is 0.371. The van der Waals surface area contributed by atoms with Crippen molar-refractivity contribution in [2.24, 2.45) is 0 Å². The van der Waals surface area contributed by atoms with Gasteiger partial charge in [0.25, 0.3) is 0 Å². The lowest BCUT2D eigenvalue weighted by atomic mass is 9.99. The van der Waals surface area contributed by atoms with Gasteiger partial charge < -0.3 is 19.8 Å². The fourth-order valence-corrected chi connectivity index (χ4v) is 4.36. The number of methoxy groups -OCH3 is 1. The van der Waals surface area contributed by atoms with E-state index in [1.54, 1.807) is 7.11 Å². The monoisotopic (exact) mass is 465 g/mol. The van der Waals surface area contributed by atoms with Gasteiger partial charge in [-0.15, -0.1) is 0 Å². The molecule has 0 aliphatic rings. The van der Waals surface area contributed by atoms with Crippen LogP contribution in [0.25, 0.3) is 10.8 Å². The first-order valence-corrected chi connectivity index (χ1v) is 13.1. The third-order valence-corrected chi connectivity index (χ3v) is 6.41. The van der Waals surface area contributed by atoms with Gasteiger partial charge in [-0.05, 0) is 72.3 Å². The van der Waals surface area contributed by atoms with E-state index >= 15 is 0 Å². The molecule has 0 aromatic heterocycles. The van der Waals surface area contributed by atoms with Crippen LogP contribution in [0.4, 0.5) is 0 Å². The zero-order valence-corrected chi connectivity index (χ0v) is 20.0. The summed E-state index contributed by atoms with van der Waals surface area (Å²) in [6, 6.07) is 20.6. The first-order valence-electron chi connectivity index (χ1n) is 11.3. The van der Waals surface area contributed by atoms with Crippen LogP contribution in [-0.2, 0) is 17.5 Å². The van der Waals surface area contributed by atoms with E-state index in [0.29, 0.717) is 19.5 Å². The molecular weight excluding hydrogens is 433 g/mol. The van der Waals surface area contributed by atoms with Crippen molar-refractivity contribution in [3.05, 3.63) is 77.4 Å². The zero-order chi connectivity index (χ0) is 23.5. The van der Waals surface area contributed by atoms with E-state index in [0.717, 1.165) is 53.3 Å². The molecule has 0 fully saturated rings. The van der Waals surface area contributed by atoms with Crippen LogP contribution in [0.3, 0.4) is 0 Å². The average Bonchev–Trinajstić information content (AvgIpc) is 2.81. The first kappa shape index (κ1) is 25.0. The molecule has 0 bridgehead atoms. The Morgan fingerprint density at radius 1 is 0.970 bits per heavy atom. The average molecular weight is 466 g/mol. The second-order valence-corrected chi connectivity index (χ2v) is 9.87. The second kappa shape index (κ2) is 12.6. The molecule has 5 nitrogen and oxygen atoms in total. The molecule has 3 N–H and O–H groups in total. The number of benzene rings is 3. The SMILES string of the molecule is COc1cccc(CCCCC#Cc2ccc(CNCCCP(=O)(O)O)c3ccccc23)c1. The number of hydrogen-bond donors (Lipinski definition) is 3. The highest BCUT2D eigenvalue weighted by atomic mass is 31.2. The van der Waals surface area contributed by atoms with E-state index in [2.05, 4.69) is 53.6 Å². The van der Waals surface area contributed by atoms with E-state index in [4.69, 9.17) is 14.5 Å². The minimum absolute atomic E-state index is 0.0885. The van der Waals surface area contributed by atoms with Crippen LogP contribution in [-0.4, -0.2) is 29.6 Å². The molecule has 0 atom stereocenters. The molecule has 6 heteroatoms. The minimum Gasteiger partial charge on any atom is -0.497 e. The highest BCUT2D eigenvalue weighted by Gasteiger charge is 2.11. The van der Waals surface area contributed by atoms with Gasteiger partial charge in [0, 0.05) is 18.5 Å². The zero-order valence-electron chi connectivity index (χ0n) is 19.1. The van der Waals surface area contributed by atoms with E-state index in [9.17, 15) is 4.57 Å². The molecule has 0 amide bonds. The molecule has 0 spiro atoms. The van der Waals surface area contributed by atoms with Crippen LogP contribution >= 0.6 is 7.60 Å². The number of rotatable bonds is 11. The number of unbranched alkanes of at least 4 members (excludes halogenated alkanes) is 2. The van der Waals surface area contributed by atoms with Gasteiger partial charge in [0.05, 0.1) is 13.3 Å². The summed E-state index contributed by atoms with van der Waals surface area (Å²) in [6.07, 6.45) is 4.39. The van der Waals surface area contributed by atoms with E-state index in [1.165, 1.54) is 5.56 Å². The topological polar surface area (TPSA) is 78.8 Å². The van der Waals surface area contributed by atoms with Gasteiger partial charge in [0.15, 0.2) is 0 Å². The van der Waals surface area contributed by atoms with Gasteiger partial charge >= 0.3 is 7.60 Å². The molecule has 3 aromatic carbocycles. The number of ether oxygens (including phenoxy) is 1. The number of fused-ring (bicyclic) bond motifs is 1. The fourth-order valence-electron chi connectivity index (χ4n) is 3.79. The molecule has 0 aliphatic heterocycles. The molecule has 174 valence electrons. The number of nitrogens with one attached hydrogen (secondary N) is 1. The molecule has 0 unspecified atom stereocenters. The Morgan fingerprint density at radius 2 is 1.79 bits per heavy atom. The van der Waals surface area contributed by atoms with Crippen molar-refractivity contribution in [1.29, 1.82) is 0 Å². The van der Waals surface area contributed by atoms with Crippen LogP contribution in [0.15, 0.2) is 60.7 Å².